The molecule has 0 radical (unpaired) electrons. The summed E-state index contributed by atoms with van der Waals surface area (Å²) in [5.74, 6) is -0.731. The van der Waals surface area contributed by atoms with Crippen molar-refractivity contribution in [3.05, 3.63) is 29.8 Å². The first-order valence-corrected chi connectivity index (χ1v) is 6.00. The van der Waals surface area contributed by atoms with Crippen LogP contribution in [0.4, 0.5) is 0 Å². The molecule has 0 unspecified atom stereocenters. The zero-order valence-corrected chi connectivity index (χ0v) is 10.8. The number of rotatable bonds is 7. The van der Waals surface area contributed by atoms with Gasteiger partial charge in [-0.2, -0.15) is 0 Å². The third-order valence-electron chi connectivity index (χ3n) is 2.49. The maximum atomic E-state index is 11.5. The minimum absolute atomic E-state index is 0.00890. The van der Waals surface area contributed by atoms with Crippen LogP contribution in [0.5, 0.6) is 5.75 Å². The second-order valence-corrected chi connectivity index (χ2v) is 3.90. The summed E-state index contributed by atoms with van der Waals surface area (Å²) in [4.78, 5) is 22.6. The highest BCUT2D eigenvalue weighted by atomic mass is 16.5. The fourth-order valence-corrected chi connectivity index (χ4v) is 1.48. The van der Waals surface area contributed by atoms with Crippen molar-refractivity contribution >= 4 is 11.8 Å². The van der Waals surface area contributed by atoms with Crippen molar-refractivity contribution in [1.82, 2.24) is 0 Å². The maximum Gasteiger partial charge on any atom is 0.374 e. The molecule has 0 atom stereocenters. The van der Waals surface area contributed by atoms with E-state index < -0.39 is 11.8 Å². The highest BCUT2D eigenvalue weighted by Crippen LogP contribution is 2.19. The molecule has 0 heterocycles. The van der Waals surface area contributed by atoms with Gasteiger partial charge in [0.1, 0.15) is 5.75 Å². The Hall–Kier alpha value is -1.84. The van der Waals surface area contributed by atoms with Crippen molar-refractivity contribution in [3.63, 3.8) is 0 Å². The number of esters is 1. The first kappa shape index (κ1) is 14.2. The quantitative estimate of drug-likeness (QED) is 0.422. The number of carbonyl (C=O) groups excluding carboxylic acids is 2. The molecule has 1 aromatic carbocycles. The third-order valence-corrected chi connectivity index (χ3v) is 2.49. The van der Waals surface area contributed by atoms with Crippen LogP contribution in [0.2, 0.25) is 0 Å². The number of hydrogen-bond donors (Lipinski definition) is 0. The van der Waals surface area contributed by atoms with Crippen LogP contribution in [0.15, 0.2) is 24.3 Å². The summed E-state index contributed by atoms with van der Waals surface area (Å²) in [5.41, 5.74) is 0.712. The van der Waals surface area contributed by atoms with Crippen LogP contribution in [0.3, 0.4) is 0 Å². The Morgan fingerprint density at radius 2 is 1.94 bits per heavy atom. The van der Waals surface area contributed by atoms with E-state index in [0.29, 0.717) is 17.9 Å². The summed E-state index contributed by atoms with van der Waals surface area (Å²) >= 11 is 0. The normalized spacial score (nSPS) is 9.89. The molecular formula is C14H18O4. The Bertz CT molecular complexity index is 412. The summed E-state index contributed by atoms with van der Waals surface area (Å²) < 4.78 is 9.98. The van der Waals surface area contributed by atoms with Gasteiger partial charge in [-0.1, -0.05) is 31.5 Å². The summed E-state index contributed by atoms with van der Waals surface area (Å²) in [6.45, 7) is 2.69. The largest absolute Gasteiger partial charge is 0.493 e. The number of hydrogen-bond acceptors (Lipinski definition) is 4. The molecule has 0 saturated carbocycles. The van der Waals surface area contributed by atoms with Gasteiger partial charge >= 0.3 is 5.97 Å². The molecule has 4 nitrogen and oxygen atoms in total. The van der Waals surface area contributed by atoms with Crippen molar-refractivity contribution in [1.29, 1.82) is 0 Å². The van der Waals surface area contributed by atoms with E-state index in [1.54, 1.807) is 12.1 Å². The van der Waals surface area contributed by atoms with Crippen molar-refractivity contribution in [2.45, 2.75) is 26.2 Å². The zero-order valence-electron chi connectivity index (χ0n) is 10.8. The molecule has 0 N–H and O–H groups in total. The number of carbonyl (C=O) groups is 2. The number of benzene rings is 1. The molecule has 0 aliphatic carbocycles. The molecule has 0 spiro atoms. The van der Waals surface area contributed by atoms with Gasteiger partial charge in [0.25, 0.3) is 0 Å². The first-order valence-electron chi connectivity index (χ1n) is 6.00. The van der Waals surface area contributed by atoms with Crippen LogP contribution in [0.25, 0.3) is 0 Å². The molecule has 0 aliphatic rings. The van der Waals surface area contributed by atoms with E-state index in [0.717, 1.165) is 12.8 Å². The molecule has 0 amide bonds. The average molecular weight is 250 g/mol. The Kier molecular flexibility index (Phi) is 5.91. The van der Waals surface area contributed by atoms with Gasteiger partial charge in [0, 0.05) is 12.0 Å². The Balaban J connectivity index is 2.69. The van der Waals surface area contributed by atoms with E-state index in [1.165, 1.54) is 7.11 Å². The van der Waals surface area contributed by atoms with E-state index >= 15 is 0 Å². The number of methoxy groups -OCH3 is 1. The predicted octanol–water partition coefficient (Wildman–Crippen LogP) is 2.15. The Morgan fingerprint density at radius 3 is 2.61 bits per heavy atom. The number of Topliss-reactive ketones (excluding diaryl/α,β-unsaturated/α-hetero) is 1. The minimum atomic E-state index is -0.821. The lowest BCUT2D eigenvalue weighted by molar-refractivity contribution is -0.151. The maximum absolute atomic E-state index is 11.5. The first-order chi connectivity index (χ1) is 8.69. The molecular weight excluding hydrogens is 232 g/mol. The van der Waals surface area contributed by atoms with Gasteiger partial charge in [-0.25, -0.2) is 4.79 Å². The van der Waals surface area contributed by atoms with E-state index in [-0.39, 0.29) is 6.42 Å². The SMILES string of the molecule is CCCCOc1ccccc1CC(=O)C(=O)OC. The minimum Gasteiger partial charge on any atom is -0.493 e. The van der Waals surface area contributed by atoms with E-state index in [9.17, 15) is 9.59 Å². The van der Waals surface area contributed by atoms with Gasteiger partial charge in [0.2, 0.25) is 5.78 Å². The number of ether oxygens (including phenoxy) is 2. The van der Waals surface area contributed by atoms with E-state index in [4.69, 9.17) is 4.74 Å². The van der Waals surface area contributed by atoms with Crippen LogP contribution >= 0.6 is 0 Å². The topological polar surface area (TPSA) is 52.6 Å². The molecule has 1 rings (SSSR count). The molecule has 0 aliphatic heterocycles. The monoisotopic (exact) mass is 250 g/mol. The van der Waals surface area contributed by atoms with E-state index in [1.807, 2.05) is 12.1 Å². The lowest BCUT2D eigenvalue weighted by Gasteiger charge is -2.10. The van der Waals surface area contributed by atoms with Gasteiger partial charge in [-0.05, 0) is 12.5 Å². The lowest BCUT2D eigenvalue weighted by Crippen LogP contribution is -2.18. The van der Waals surface area contributed by atoms with Gasteiger partial charge < -0.3 is 9.47 Å². The zero-order chi connectivity index (χ0) is 13.4. The summed E-state index contributed by atoms with van der Waals surface area (Å²) in [5, 5.41) is 0. The Labute approximate surface area is 107 Å². The number of para-hydroxylation sites is 1. The van der Waals surface area contributed by atoms with Gasteiger partial charge in [-0.15, -0.1) is 0 Å². The van der Waals surface area contributed by atoms with Gasteiger partial charge in [0.15, 0.2) is 0 Å². The van der Waals surface area contributed by atoms with Crippen LogP contribution in [-0.4, -0.2) is 25.5 Å². The summed E-state index contributed by atoms with van der Waals surface area (Å²) in [7, 11) is 1.20. The molecule has 0 bridgehead atoms. The van der Waals surface area contributed by atoms with Crippen molar-refractivity contribution < 1.29 is 19.1 Å². The van der Waals surface area contributed by atoms with Crippen LogP contribution in [-0.2, 0) is 20.7 Å². The standard InChI is InChI=1S/C14H18O4/c1-3-4-9-18-13-8-6-5-7-11(13)10-12(15)14(16)17-2/h5-8H,3-4,9-10H2,1-2H3. The highest BCUT2D eigenvalue weighted by molar-refractivity contribution is 6.34. The summed E-state index contributed by atoms with van der Waals surface area (Å²) in [6, 6.07) is 7.23. The third kappa shape index (κ3) is 4.20. The fourth-order valence-electron chi connectivity index (χ4n) is 1.48. The average Bonchev–Trinajstić information content (AvgIpc) is 2.40. The number of ketones is 1. The van der Waals surface area contributed by atoms with E-state index in [2.05, 4.69) is 11.7 Å². The second-order valence-electron chi connectivity index (χ2n) is 3.90. The van der Waals surface area contributed by atoms with Crippen molar-refractivity contribution in [2.75, 3.05) is 13.7 Å². The Morgan fingerprint density at radius 1 is 1.22 bits per heavy atom. The molecule has 0 saturated heterocycles. The van der Waals surface area contributed by atoms with Crippen LogP contribution in [0.1, 0.15) is 25.3 Å². The fraction of sp³-hybridized carbons (Fsp3) is 0.429. The molecule has 0 aromatic heterocycles. The van der Waals surface area contributed by atoms with Gasteiger partial charge in [-0.3, -0.25) is 4.79 Å². The summed E-state index contributed by atoms with van der Waals surface area (Å²) in [6.07, 6.45) is 2.01. The molecule has 98 valence electrons. The van der Waals surface area contributed by atoms with Crippen LogP contribution < -0.4 is 4.74 Å². The van der Waals surface area contributed by atoms with Crippen LogP contribution in [0, 0.1) is 0 Å². The van der Waals surface area contributed by atoms with Crippen molar-refractivity contribution in [3.8, 4) is 5.75 Å². The molecule has 18 heavy (non-hydrogen) atoms. The molecule has 4 heteroatoms. The van der Waals surface area contributed by atoms with Gasteiger partial charge in [0.05, 0.1) is 13.7 Å². The smallest absolute Gasteiger partial charge is 0.374 e. The highest BCUT2D eigenvalue weighted by Gasteiger charge is 2.16. The molecule has 0 fully saturated rings. The lowest BCUT2D eigenvalue weighted by atomic mass is 10.1. The van der Waals surface area contributed by atoms with Crippen molar-refractivity contribution in [2.24, 2.45) is 0 Å². The second kappa shape index (κ2) is 7.48. The predicted molar refractivity (Wildman–Crippen MR) is 67.6 cm³/mol. The molecule has 1 aromatic rings. The number of unbranched alkanes of at least 4 members (excludes halogenated alkanes) is 1.